The molecule has 6 atom stereocenters. The second kappa shape index (κ2) is 13.0. The van der Waals surface area contributed by atoms with Gasteiger partial charge < -0.3 is 23.8 Å². The van der Waals surface area contributed by atoms with Crippen LogP contribution in [0.5, 0.6) is 5.75 Å². The molecule has 1 aromatic carbocycles. The van der Waals surface area contributed by atoms with Gasteiger partial charge in [0, 0.05) is 30.2 Å². The topological polar surface area (TPSA) is 216 Å². The summed E-state index contributed by atoms with van der Waals surface area (Å²) >= 11 is 0. The molecular formula is C22H29N6O10P. The zero-order valence-corrected chi connectivity index (χ0v) is 22.2. The zero-order valence-electron chi connectivity index (χ0n) is 21.3. The molecule has 1 aliphatic heterocycles. The molecule has 1 aromatic heterocycles. The molecular weight excluding hydrogens is 539 g/mol. The first-order chi connectivity index (χ1) is 18.5. The van der Waals surface area contributed by atoms with E-state index in [-0.39, 0.29) is 19.0 Å². The van der Waals surface area contributed by atoms with E-state index < -0.39 is 61.6 Å². The Morgan fingerprint density at radius 2 is 2.05 bits per heavy atom. The van der Waals surface area contributed by atoms with Crippen LogP contribution in [-0.2, 0) is 28.1 Å². The number of carbonyl (C=O) groups is 1. The van der Waals surface area contributed by atoms with Gasteiger partial charge in [0.05, 0.1) is 19.3 Å². The van der Waals surface area contributed by atoms with Crippen molar-refractivity contribution < 1.29 is 37.7 Å². The molecule has 39 heavy (non-hydrogen) atoms. The third kappa shape index (κ3) is 7.34. The van der Waals surface area contributed by atoms with E-state index in [2.05, 4.69) is 20.1 Å². The number of para-hydroxylation sites is 1. The Labute approximate surface area is 222 Å². The molecule has 0 spiro atoms. The number of aliphatic hydroxyl groups is 1. The standard InChI is InChI=1S/C22H29N6O10P/c1-14-18(30)22(26-27-23,37-19(14)28-10-9-17(29)24-21(28)32)13-36-39(33,38-16-7-5-4-6-8-16)25-15(2)20(31)35-12-11-34-3/h4-10,14-15,18-19,30H,11-13H2,1-3H3,(H,25,33)(H,24,29,32)/t14-,15-,18-,19+,22+,39?/m0/s1. The summed E-state index contributed by atoms with van der Waals surface area (Å²) in [7, 11) is -3.00. The molecule has 17 heteroatoms. The third-order valence-electron chi connectivity index (χ3n) is 5.72. The van der Waals surface area contributed by atoms with Crippen molar-refractivity contribution in [2.24, 2.45) is 11.0 Å². The highest BCUT2D eigenvalue weighted by Gasteiger charge is 2.55. The molecule has 0 bridgehead atoms. The van der Waals surface area contributed by atoms with Gasteiger partial charge in [-0.05, 0) is 24.6 Å². The third-order valence-corrected chi connectivity index (χ3v) is 7.35. The van der Waals surface area contributed by atoms with E-state index in [1.807, 2.05) is 0 Å². The number of aromatic amines is 1. The molecule has 3 rings (SSSR count). The summed E-state index contributed by atoms with van der Waals surface area (Å²) < 4.78 is 41.6. The number of esters is 1. The summed E-state index contributed by atoms with van der Waals surface area (Å²) in [6, 6.07) is 7.79. The quantitative estimate of drug-likeness (QED) is 0.0784. The molecule has 16 nitrogen and oxygen atoms in total. The van der Waals surface area contributed by atoms with E-state index in [0.717, 1.165) is 16.8 Å². The van der Waals surface area contributed by atoms with Crippen LogP contribution in [0, 0.1) is 5.92 Å². The van der Waals surface area contributed by atoms with E-state index in [9.17, 15) is 29.6 Å². The van der Waals surface area contributed by atoms with E-state index in [0.29, 0.717) is 0 Å². The number of hydrogen-bond donors (Lipinski definition) is 3. The Bertz CT molecular complexity index is 1350. The highest BCUT2D eigenvalue weighted by molar-refractivity contribution is 7.52. The highest BCUT2D eigenvalue weighted by Crippen LogP contribution is 2.49. The van der Waals surface area contributed by atoms with Gasteiger partial charge in [-0.25, -0.2) is 9.36 Å². The van der Waals surface area contributed by atoms with Crippen LogP contribution in [-0.4, -0.2) is 65.4 Å². The number of methoxy groups -OCH3 is 1. The minimum atomic E-state index is -4.44. The Kier molecular flexibility index (Phi) is 10.1. The number of azide groups is 1. The van der Waals surface area contributed by atoms with Gasteiger partial charge in [-0.1, -0.05) is 30.2 Å². The van der Waals surface area contributed by atoms with Gasteiger partial charge in [0.25, 0.3) is 5.56 Å². The SMILES string of the molecule is COCCOC(=O)[C@H](C)NP(=O)(OC[C@@]1(N=[N+]=[N-])O[C@@H](n2ccc(=O)[nH]c2=O)[C@@H](C)[C@@H]1O)Oc1ccccc1. The lowest BCUT2D eigenvalue weighted by molar-refractivity contribution is -0.146. The summed E-state index contributed by atoms with van der Waals surface area (Å²) in [5, 5.41) is 17.0. The van der Waals surface area contributed by atoms with Crippen molar-refractivity contribution in [2.75, 3.05) is 26.9 Å². The van der Waals surface area contributed by atoms with Gasteiger partial charge >= 0.3 is 19.4 Å². The predicted octanol–water partition coefficient (Wildman–Crippen LogP) is 1.44. The molecule has 1 fully saturated rings. The van der Waals surface area contributed by atoms with Crippen LogP contribution in [0.4, 0.5) is 0 Å². The van der Waals surface area contributed by atoms with Crippen LogP contribution in [0.3, 0.4) is 0 Å². The lowest BCUT2D eigenvalue weighted by Gasteiger charge is -2.30. The Morgan fingerprint density at radius 3 is 2.69 bits per heavy atom. The molecule has 2 aromatic rings. The minimum absolute atomic E-state index is 0.0462. The van der Waals surface area contributed by atoms with Gasteiger partial charge in [0.15, 0.2) is 5.72 Å². The molecule has 0 amide bonds. The average Bonchev–Trinajstić information content (AvgIpc) is 3.14. The van der Waals surface area contributed by atoms with E-state index in [4.69, 9.17) is 23.3 Å². The Hall–Kier alpha value is -3.49. The first-order valence-electron chi connectivity index (χ1n) is 11.7. The number of H-pyrrole nitrogens is 1. The summed E-state index contributed by atoms with van der Waals surface area (Å²) in [4.78, 5) is 41.0. The van der Waals surface area contributed by atoms with Crippen molar-refractivity contribution in [3.63, 3.8) is 0 Å². The van der Waals surface area contributed by atoms with Crippen molar-refractivity contribution in [2.45, 2.75) is 37.9 Å². The molecule has 0 aliphatic carbocycles. The summed E-state index contributed by atoms with van der Waals surface area (Å²) in [6.45, 7) is 2.16. The lowest BCUT2D eigenvalue weighted by Crippen LogP contribution is -2.44. The van der Waals surface area contributed by atoms with E-state index in [1.165, 1.54) is 33.1 Å². The van der Waals surface area contributed by atoms with Gasteiger partial charge in [0.1, 0.15) is 24.6 Å². The number of nitrogens with one attached hydrogen (secondary N) is 2. The van der Waals surface area contributed by atoms with Crippen molar-refractivity contribution in [3.05, 3.63) is 73.9 Å². The number of nitrogens with zero attached hydrogens (tertiary/aromatic N) is 4. The van der Waals surface area contributed by atoms with Crippen molar-refractivity contribution in [1.29, 1.82) is 0 Å². The number of rotatable bonds is 13. The molecule has 1 saturated heterocycles. The second-order valence-corrected chi connectivity index (χ2v) is 10.2. The number of benzene rings is 1. The monoisotopic (exact) mass is 568 g/mol. The van der Waals surface area contributed by atoms with Gasteiger partial charge in [-0.2, -0.15) is 5.09 Å². The molecule has 1 unspecified atom stereocenters. The van der Waals surface area contributed by atoms with Crippen LogP contribution in [0.1, 0.15) is 20.1 Å². The Morgan fingerprint density at radius 1 is 1.33 bits per heavy atom. The fraction of sp³-hybridized carbons (Fsp3) is 0.500. The first kappa shape index (κ1) is 30.1. The maximum absolute atomic E-state index is 13.8. The maximum atomic E-state index is 13.8. The van der Waals surface area contributed by atoms with Crippen LogP contribution >= 0.6 is 7.75 Å². The largest absolute Gasteiger partial charge is 0.462 e. The number of aromatic nitrogens is 2. The second-order valence-electron chi connectivity index (χ2n) is 8.55. The van der Waals surface area contributed by atoms with Gasteiger partial charge in [-0.3, -0.25) is 23.7 Å². The van der Waals surface area contributed by atoms with Crippen molar-refractivity contribution in [3.8, 4) is 5.75 Å². The molecule has 2 heterocycles. The van der Waals surface area contributed by atoms with Gasteiger partial charge in [0.2, 0.25) is 0 Å². The maximum Gasteiger partial charge on any atom is 0.459 e. The molecule has 212 valence electrons. The van der Waals surface area contributed by atoms with E-state index >= 15 is 0 Å². The summed E-state index contributed by atoms with van der Waals surface area (Å²) in [5.41, 5.74) is 5.59. The number of aliphatic hydroxyl groups excluding tert-OH is 1. The fourth-order valence-electron chi connectivity index (χ4n) is 3.73. The molecule has 0 saturated carbocycles. The van der Waals surface area contributed by atoms with Crippen LogP contribution < -0.4 is 20.9 Å². The number of carbonyl (C=O) groups excluding carboxylic acids is 1. The lowest BCUT2D eigenvalue weighted by atomic mass is 9.98. The summed E-state index contributed by atoms with van der Waals surface area (Å²) in [5.74, 6) is -1.52. The van der Waals surface area contributed by atoms with Crippen LogP contribution in [0.2, 0.25) is 0 Å². The molecule has 3 N–H and O–H groups in total. The normalized spacial score (nSPS) is 24.8. The fourth-order valence-corrected chi connectivity index (χ4v) is 5.24. The van der Waals surface area contributed by atoms with Crippen LogP contribution in [0.25, 0.3) is 10.4 Å². The smallest absolute Gasteiger partial charge is 0.459 e. The predicted molar refractivity (Wildman–Crippen MR) is 135 cm³/mol. The van der Waals surface area contributed by atoms with Crippen molar-refractivity contribution in [1.82, 2.24) is 14.6 Å². The molecule has 1 aliphatic rings. The molecule has 0 radical (unpaired) electrons. The number of hydrogen-bond acceptors (Lipinski definition) is 11. The minimum Gasteiger partial charge on any atom is -0.462 e. The highest BCUT2D eigenvalue weighted by atomic mass is 31.2. The Balaban J connectivity index is 1.88. The summed E-state index contributed by atoms with van der Waals surface area (Å²) in [6.07, 6.45) is -1.60. The van der Waals surface area contributed by atoms with Crippen molar-refractivity contribution >= 4 is 13.7 Å². The first-order valence-corrected chi connectivity index (χ1v) is 13.2. The average molecular weight is 568 g/mol. The van der Waals surface area contributed by atoms with E-state index in [1.54, 1.807) is 18.2 Å². The van der Waals surface area contributed by atoms with Gasteiger partial charge in [-0.15, -0.1) is 0 Å². The zero-order chi connectivity index (χ0) is 28.6. The number of ether oxygens (including phenoxy) is 3. The van der Waals surface area contributed by atoms with Crippen LogP contribution in [0.15, 0.2) is 57.3 Å².